The van der Waals surface area contributed by atoms with E-state index in [1.165, 1.54) is 33.3 Å². The molecule has 0 saturated carbocycles. The number of amides is 1. The number of pyridine rings is 1. The van der Waals surface area contributed by atoms with Gasteiger partial charge in [0.1, 0.15) is 6.10 Å². The third kappa shape index (κ3) is 3.22. The van der Waals surface area contributed by atoms with Crippen molar-refractivity contribution in [2.45, 2.75) is 13.0 Å². The number of benzene rings is 1. The molecule has 0 saturated heterocycles. The third-order valence-corrected chi connectivity index (χ3v) is 4.29. The van der Waals surface area contributed by atoms with Gasteiger partial charge in [0.2, 0.25) is 0 Å². The van der Waals surface area contributed by atoms with E-state index in [2.05, 4.69) is 10.3 Å². The molecule has 3 rings (SSSR count). The minimum atomic E-state index is -1.44. The normalized spacial score (nSPS) is 16.3. The predicted octanol–water partition coefficient (Wildman–Crippen LogP) is 1.69. The van der Waals surface area contributed by atoms with Gasteiger partial charge in [-0.15, -0.1) is 0 Å². The second-order valence-electron chi connectivity index (χ2n) is 5.90. The minimum absolute atomic E-state index is 0.0260. The molecule has 3 N–H and O–H groups in total. The Balaban J connectivity index is 2.15. The Morgan fingerprint density at radius 2 is 1.96 bits per heavy atom. The number of aliphatic hydroxyl groups excluding tert-OH is 1. The number of aliphatic hydroxyl groups is 1. The van der Waals surface area contributed by atoms with E-state index in [1.807, 2.05) is 0 Å². The summed E-state index contributed by atoms with van der Waals surface area (Å²) in [4.78, 5) is 28.9. The van der Waals surface area contributed by atoms with Crippen molar-refractivity contribution in [2.24, 2.45) is 0 Å². The Bertz CT molecular complexity index is 967. The van der Waals surface area contributed by atoms with Gasteiger partial charge in [0.25, 0.3) is 5.91 Å². The summed E-state index contributed by atoms with van der Waals surface area (Å²) in [5, 5.41) is 23.0. The molecule has 1 aliphatic rings. The number of aromatic hydroxyl groups is 1. The van der Waals surface area contributed by atoms with Gasteiger partial charge in [0.15, 0.2) is 11.5 Å². The molecule has 1 amide bonds. The van der Waals surface area contributed by atoms with E-state index in [-0.39, 0.29) is 34.0 Å². The summed E-state index contributed by atoms with van der Waals surface area (Å²) in [6.07, 6.45) is -1.44. The quantitative estimate of drug-likeness (QED) is 0.704. The first-order valence-electron chi connectivity index (χ1n) is 8.04. The van der Waals surface area contributed by atoms with Crippen LogP contribution in [0.3, 0.4) is 0 Å². The zero-order valence-corrected chi connectivity index (χ0v) is 14.9. The fourth-order valence-electron chi connectivity index (χ4n) is 2.89. The molecule has 0 fully saturated rings. The van der Waals surface area contributed by atoms with Crippen LogP contribution in [0.25, 0.3) is 11.3 Å². The number of carbonyl (C=O) groups is 2. The molecular formula is C19H18N2O6. The van der Waals surface area contributed by atoms with Crippen molar-refractivity contribution in [2.75, 3.05) is 14.2 Å². The summed E-state index contributed by atoms with van der Waals surface area (Å²) in [6.45, 7) is 1.50. The van der Waals surface area contributed by atoms with Crippen LogP contribution in [0.4, 0.5) is 0 Å². The van der Waals surface area contributed by atoms with E-state index < -0.39 is 18.0 Å². The summed E-state index contributed by atoms with van der Waals surface area (Å²) in [7, 11) is 2.61. The molecule has 2 heterocycles. The minimum Gasteiger partial charge on any atom is -0.504 e. The van der Waals surface area contributed by atoms with Crippen LogP contribution in [0, 0.1) is 0 Å². The molecule has 27 heavy (non-hydrogen) atoms. The predicted molar refractivity (Wildman–Crippen MR) is 95.0 cm³/mol. The monoisotopic (exact) mass is 370 g/mol. The summed E-state index contributed by atoms with van der Waals surface area (Å²) in [5.74, 6) is -1.01. The number of fused-ring (bicyclic) bond motifs is 1. The van der Waals surface area contributed by atoms with Crippen molar-refractivity contribution in [3.05, 3.63) is 52.9 Å². The van der Waals surface area contributed by atoms with E-state index >= 15 is 0 Å². The highest BCUT2D eigenvalue weighted by molar-refractivity contribution is 6.01. The first kappa shape index (κ1) is 18.4. The van der Waals surface area contributed by atoms with E-state index in [4.69, 9.17) is 9.47 Å². The number of hydrogen-bond donors (Lipinski definition) is 3. The highest BCUT2D eigenvalue weighted by atomic mass is 16.5. The second-order valence-corrected chi connectivity index (χ2v) is 5.90. The Kier molecular flexibility index (Phi) is 4.83. The van der Waals surface area contributed by atoms with Crippen LogP contribution in [-0.4, -0.2) is 41.3 Å². The standard InChI is InChI=1S/C19H18N2O6/c1-9-15(19(25)27-3)17(23)16-11(18(24)20-9)5-6-12(21-16)10-4-7-13(22)14(8-10)26-2/h4-8,17,22-23H,1-3H3,(H,20,24). The lowest BCUT2D eigenvalue weighted by molar-refractivity contribution is -0.137. The Morgan fingerprint density at radius 1 is 1.22 bits per heavy atom. The summed E-state index contributed by atoms with van der Waals surface area (Å²) >= 11 is 0. The molecule has 140 valence electrons. The molecule has 0 bridgehead atoms. The van der Waals surface area contributed by atoms with Crippen molar-refractivity contribution in [3.8, 4) is 22.8 Å². The van der Waals surface area contributed by atoms with Crippen LogP contribution < -0.4 is 10.1 Å². The molecule has 8 heteroatoms. The van der Waals surface area contributed by atoms with E-state index in [1.54, 1.807) is 18.2 Å². The maximum Gasteiger partial charge on any atom is 0.338 e. The average molecular weight is 370 g/mol. The number of esters is 1. The SMILES string of the molecule is COC(=O)C1=C(C)NC(=O)c2ccc(-c3ccc(O)c(OC)c3)nc2C1O. The first-order valence-corrected chi connectivity index (χ1v) is 8.04. The fraction of sp³-hybridized carbons (Fsp3) is 0.211. The molecule has 0 radical (unpaired) electrons. The zero-order chi connectivity index (χ0) is 19.7. The molecule has 8 nitrogen and oxygen atoms in total. The van der Waals surface area contributed by atoms with Crippen molar-refractivity contribution < 1.29 is 29.3 Å². The smallest absolute Gasteiger partial charge is 0.338 e. The van der Waals surface area contributed by atoms with Crippen LogP contribution in [-0.2, 0) is 9.53 Å². The second kappa shape index (κ2) is 7.08. The highest BCUT2D eigenvalue weighted by Crippen LogP contribution is 2.34. The first-order chi connectivity index (χ1) is 12.9. The number of rotatable bonds is 3. The molecule has 0 aliphatic carbocycles. The van der Waals surface area contributed by atoms with Gasteiger partial charge >= 0.3 is 5.97 Å². The number of nitrogens with one attached hydrogen (secondary N) is 1. The van der Waals surface area contributed by atoms with Crippen LogP contribution in [0.2, 0.25) is 0 Å². The van der Waals surface area contributed by atoms with Gasteiger partial charge in [-0.25, -0.2) is 9.78 Å². The van der Waals surface area contributed by atoms with Crippen LogP contribution in [0.15, 0.2) is 41.6 Å². The molecule has 1 unspecified atom stereocenters. The van der Waals surface area contributed by atoms with Gasteiger partial charge in [0.05, 0.1) is 36.7 Å². The van der Waals surface area contributed by atoms with Gasteiger partial charge in [0, 0.05) is 11.3 Å². The summed E-state index contributed by atoms with van der Waals surface area (Å²) in [5.41, 5.74) is 1.33. The van der Waals surface area contributed by atoms with Crippen LogP contribution in [0.5, 0.6) is 11.5 Å². The van der Waals surface area contributed by atoms with E-state index in [0.717, 1.165) is 0 Å². The maximum atomic E-state index is 12.4. The molecule has 1 aromatic heterocycles. The van der Waals surface area contributed by atoms with Gasteiger partial charge in [-0.2, -0.15) is 0 Å². The number of allylic oxidation sites excluding steroid dienone is 1. The number of methoxy groups -OCH3 is 2. The van der Waals surface area contributed by atoms with Crippen LogP contribution in [0.1, 0.15) is 29.1 Å². The molecule has 1 aromatic carbocycles. The largest absolute Gasteiger partial charge is 0.504 e. The number of carbonyl (C=O) groups excluding carboxylic acids is 2. The molecule has 0 spiro atoms. The van der Waals surface area contributed by atoms with Gasteiger partial charge in [-0.3, -0.25) is 4.79 Å². The topological polar surface area (TPSA) is 118 Å². The lowest BCUT2D eigenvalue weighted by Crippen LogP contribution is -2.22. The van der Waals surface area contributed by atoms with Gasteiger partial charge < -0.3 is 25.0 Å². The van der Waals surface area contributed by atoms with Crippen LogP contribution >= 0.6 is 0 Å². The fourth-order valence-corrected chi connectivity index (χ4v) is 2.89. The van der Waals surface area contributed by atoms with Crippen molar-refractivity contribution >= 4 is 11.9 Å². The summed E-state index contributed by atoms with van der Waals surface area (Å²) in [6, 6.07) is 7.78. The van der Waals surface area contributed by atoms with E-state index in [9.17, 15) is 19.8 Å². The Hall–Kier alpha value is -3.39. The lowest BCUT2D eigenvalue weighted by atomic mass is 10.0. The number of phenols is 1. The maximum absolute atomic E-state index is 12.4. The summed E-state index contributed by atoms with van der Waals surface area (Å²) < 4.78 is 9.81. The number of aromatic nitrogens is 1. The number of nitrogens with zero attached hydrogens (tertiary/aromatic N) is 1. The van der Waals surface area contributed by atoms with E-state index in [0.29, 0.717) is 11.3 Å². The molecular weight excluding hydrogens is 352 g/mol. The van der Waals surface area contributed by atoms with Gasteiger partial charge in [-0.1, -0.05) is 0 Å². The average Bonchev–Trinajstić information content (AvgIpc) is 2.76. The van der Waals surface area contributed by atoms with Crippen molar-refractivity contribution in [1.82, 2.24) is 10.3 Å². The number of phenolic OH excluding ortho intramolecular Hbond substituents is 1. The highest BCUT2D eigenvalue weighted by Gasteiger charge is 2.33. The third-order valence-electron chi connectivity index (χ3n) is 4.29. The Labute approximate surface area is 155 Å². The van der Waals surface area contributed by atoms with Crippen molar-refractivity contribution in [1.29, 1.82) is 0 Å². The lowest BCUT2D eigenvalue weighted by Gasteiger charge is -2.15. The van der Waals surface area contributed by atoms with Gasteiger partial charge in [-0.05, 0) is 37.3 Å². The molecule has 2 aromatic rings. The van der Waals surface area contributed by atoms with Crippen molar-refractivity contribution in [3.63, 3.8) is 0 Å². The zero-order valence-electron chi connectivity index (χ0n) is 14.9. The molecule has 1 atom stereocenters. The number of hydrogen-bond acceptors (Lipinski definition) is 7. The Morgan fingerprint density at radius 3 is 2.63 bits per heavy atom. The molecule has 1 aliphatic heterocycles. The number of ether oxygens (including phenoxy) is 2.